The molecule has 1 N–H and O–H groups in total. The van der Waals surface area contributed by atoms with Gasteiger partial charge in [0.1, 0.15) is 5.75 Å². The Balaban J connectivity index is 1.78. The van der Waals surface area contributed by atoms with Crippen LogP contribution < -0.4 is 15.0 Å². The van der Waals surface area contributed by atoms with Gasteiger partial charge in [-0.3, -0.25) is 9.59 Å². The molecule has 1 heterocycles. The van der Waals surface area contributed by atoms with Crippen LogP contribution in [0.15, 0.2) is 42.5 Å². The molecule has 0 aromatic heterocycles. The van der Waals surface area contributed by atoms with Crippen LogP contribution in [0.25, 0.3) is 0 Å². The first-order valence-electron chi connectivity index (χ1n) is 8.70. The minimum absolute atomic E-state index is 0.115. The second-order valence-electron chi connectivity index (χ2n) is 7.49. The zero-order chi connectivity index (χ0) is 18.9. The van der Waals surface area contributed by atoms with Crippen LogP contribution in [0.3, 0.4) is 0 Å². The summed E-state index contributed by atoms with van der Waals surface area (Å²) in [5.74, 6) is 0.567. The molecule has 0 atom stereocenters. The van der Waals surface area contributed by atoms with Gasteiger partial charge in [-0.1, -0.05) is 26.8 Å². The van der Waals surface area contributed by atoms with E-state index in [0.717, 1.165) is 23.4 Å². The number of methoxy groups -OCH3 is 1. The van der Waals surface area contributed by atoms with Crippen molar-refractivity contribution in [3.63, 3.8) is 0 Å². The van der Waals surface area contributed by atoms with Gasteiger partial charge in [0.05, 0.1) is 7.11 Å². The molecule has 1 aliphatic rings. The van der Waals surface area contributed by atoms with Gasteiger partial charge >= 0.3 is 0 Å². The number of rotatable bonds is 3. The van der Waals surface area contributed by atoms with Gasteiger partial charge in [0.15, 0.2) is 0 Å². The summed E-state index contributed by atoms with van der Waals surface area (Å²) < 4.78 is 5.16. The number of nitrogens with zero attached hydrogens (tertiary/aromatic N) is 1. The Labute approximate surface area is 154 Å². The van der Waals surface area contributed by atoms with E-state index >= 15 is 0 Å². The molecular formula is C21H24N2O3. The molecule has 0 saturated heterocycles. The molecule has 136 valence electrons. The first-order chi connectivity index (χ1) is 12.3. The molecule has 0 radical (unpaired) electrons. The van der Waals surface area contributed by atoms with Crippen LogP contribution in [0.1, 0.15) is 36.7 Å². The largest absolute Gasteiger partial charge is 0.497 e. The van der Waals surface area contributed by atoms with E-state index in [-0.39, 0.29) is 11.8 Å². The molecule has 5 heteroatoms. The average Bonchev–Trinajstić information content (AvgIpc) is 3.03. The van der Waals surface area contributed by atoms with Gasteiger partial charge in [-0.05, 0) is 48.4 Å². The Bertz CT molecular complexity index is 853. The summed E-state index contributed by atoms with van der Waals surface area (Å²) in [6.45, 7) is 6.46. The maximum atomic E-state index is 12.6. The third-order valence-electron chi connectivity index (χ3n) is 4.45. The normalized spacial score (nSPS) is 13.3. The Morgan fingerprint density at radius 3 is 2.58 bits per heavy atom. The van der Waals surface area contributed by atoms with Crippen molar-refractivity contribution in [2.24, 2.45) is 5.41 Å². The number of amides is 2. The summed E-state index contributed by atoms with van der Waals surface area (Å²) in [6, 6.07) is 12.7. The fraction of sp³-hybridized carbons (Fsp3) is 0.333. The minimum Gasteiger partial charge on any atom is -0.497 e. The second-order valence-corrected chi connectivity index (χ2v) is 7.49. The summed E-state index contributed by atoms with van der Waals surface area (Å²) >= 11 is 0. The smallest absolute Gasteiger partial charge is 0.255 e. The van der Waals surface area contributed by atoms with Crippen molar-refractivity contribution < 1.29 is 14.3 Å². The highest BCUT2D eigenvalue weighted by molar-refractivity contribution is 6.05. The molecule has 0 fully saturated rings. The Morgan fingerprint density at radius 2 is 1.88 bits per heavy atom. The zero-order valence-corrected chi connectivity index (χ0v) is 15.6. The maximum Gasteiger partial charge on any atom is 0.255 e. The number of ether oxygens (including phenoxy) is 1. The van der Waals surface area contributed by atoms with E-state index in [4.69, 9.17) is 4.74 Å². The van der Waals surface area contributed by atoms with Crippen LogP contribution in [0, 0.1) is 5.41 Å². The van der Waals surface area contributed by atoms with Gasteiger partial charge < -0.3 is 15.0 Å². The van der Waals surface area contributed by atoms with Crippen LogP contribution in [-0.4, -0.2) is 25.5 Å². The number of carbonyl (C=O) groups excluding carboxylic acids is 2. The monoisotopic (exact) mass is 352 g/mol. The molecule has 2 amide bonds. The van der Waals surface area contributed by atoms with Crippen molar-refractivity contribution in [2.45, 2.75) is 27.2 Å². The summed E-state index contributed by atoms with van der Waals surface area (Å²) in [5.41, 5.74) is 2.85. The van der Waals surface area contributed by atoms with Crippen LogP contribution in [0.5, 0.6) is 5.75 Å². The molecule has 1 aliphatic heterocycles. The van der Waals surface area contributed by atoms with E-state index in [9.17, 15) is 9.59 Å². The van der Waals surface area contributed by atoms with E-state index in [1.165, 1.54) is 0 Å². The minimum atomic E-state index is -0.416. The number of nitrogens with one attached hydrogen (secondary N) is 1. The molecule has 3 rings (SSSR count). The molecule has 0 bridgehead atoms. The highest BCUT2D eigenvalue weighted by Gasteiger charge is 2.32. The molecule has 5 nitrogen and oxygen atoms in total. The van der Waals surface area contributed by atoms with E-state index < -0.39 is 5.41 Å². The van der Waals surface area contributed by atoms with Gasteiger partial charge in [-0.15, -0.1) is 0 Å². The number of carbonyl (C=O) groups is 2. The first-order valence-corrected chi connectivity index (χ1v) is 8.70. The van der Waals surface area contributed by atoms with Gasteiger partial charge in [-0.2, -0.15) is 0 Å². The SMILES string of the molecule is COc1cccc(C(=O)Nc2ccc3c(c2)CCN3C(=O)C(C)(C)C)c1. The zero-order valence-electron chi connectivity index (χ0n) is 15.6. The summed E-state index contributed by atoms with van der Waals surface area (Å²) in [7, 11) is 1.57. The van der Waals surface area contributed by atoms with E-state index in [1.807, 2.05) is 43.9 Å². The summed E-state index contributed by atoms with van der Waals surface area (Å²) in [4.78, 5) is 26.9. The summed E-state index contributed by atoms with van der Waals surface area (Å²) in [5, 5.41) is 2.92. The number of hydrogen-bond acceptors (Lipinski definition) is 3. The van der Waals surface area contributed by atoms with Crippen LogP contribution in [-0.2, 0) is 11.2 Å². The van der Waals surface area contributed by atoms with Crippen molar-refractivity contribution in [1.29, 1.82) is 0 Å². The molecule has 0 unspecified atom stereocenters. The Kier molecular flexibility index (Phi) is 4.72. The standard InChI is InChI=1S/C21H24N2O3/c1-21(2,3)20(25)23-11-10-14-12-16(8-9-18(14)23)22-19(24)15-6-5-7-17(13-15)26-4/h5-9,12-13H,10-11H2,1-4H3,(H,22,24). The van der Waals surface area contributed by atoms with Crippen molar-refractivity contribution >= 4 is 23.2 Å². The van der Waals surface area contributed by atoms with Gasteiger partial charge in [0.2, 0.25) is 5.91 Å². The fourth-order valence-corrected chi connectivity index (χ4v) is 3.06. The third-order valence-corrected chi connectivity index (χ3v) is 4.45. The molecule has 0 aliphatic carbocycles. The van der Waals surface area contributed by atoms with Crippen LogP contribution in [0.2, 0.25) is 0 Å². The van der Waals surface area contributed by atoms with Gasteiger partial charge in [0, 0.05) is 28.9 Å². The van der Waals surface area contributed by atoms with E-state index in [0.29, 0.717) is 17.9 Å². The lowest BCUT2D eigenvalue weighted by Crippen LogP contribution is -2.38. The quantitative estimate of drug-likeness (QED) is 0.912. The lowest BCUT2D eigenvalue weighted by atomic mass is 9.94. The molecule has 26 heavy (non-hydrogen) atoms. The average molecular weight is 352 g/mol. The van der Waals surface area contributed by atoms with Crippen LogP contribution in [0.4, 0.5) is 11.4 Å². The van der Waals surface area contributed by atoms with Crippen molar-refractivity contribution in [2.75, 3.05) is 23.9 Å². The van der Waals surface area contributed by atoms with Gasteiger partial charge in [0.25, 0.3) is 5.91 Å². The Morgan fingerprint density at radius 1 is 1.12 bits per heavy atom. The molecule has 2 aromatic rings. The highest BCUT2D eigenvalue weighted by Crippen LogP contribution is 2.33. The third kappa shape index (κ3) is 3.57. The van der Waals surface area contributed by atoms with E-state index in [1.54, 1.807) is 31.4 Å². The number of hydrogen-bond donors (Lipinski definition) is 1. The van der Waals surface area contributed by atoms with Crippen molar-refractivity contribution in [3.8, 4) is 5.75 Å². The molecule has 0 spiro atoms. The predicted octanol–water partition coefficient (Wildman–Crippen LogP) is 3.88. The lowest BCUT2D eigenvalue weighted by molar-refractivity contribution is -0.125. The Hall–Kier alpha value is -2.82. The topological polar surface area (TPSA) is 58.6 Å². The summed E-state index contributed by atoms with van der Waals surface area (Å²) in [6.07, 6.45) is 0.792. The van der Waals surface area contributed by atoms with Crippen molar-refractivity contribution in [3.05, 3.63) is 53.6 Å². The fourth-order valence-electron chi connectivity index (χ4n) is 3.06. The lowest BCUT2D eigenvalue weighted by Gasteiger charge is -2.26. The predicted molar refractivity (Wildman–Crippen MR) is 103 cm³/mol. The second kappa shape index (κ2) is 6.83. The van der Waals surface area contributed by atoms with E-state index in [2.05, 4.69) is 5.32 Å². The van der Waals surface area contributed by atoms with Gasteiger partial charge in [-0.25, -0.2) is 0 Å². The molecule has 0 saturated carbocycles. The molecule has 2 aromatic carbocycles. The molecular weight excluding hydrogens is 328 g/mol. The number of fused-ring (bicyclic) bond motifs is 1. The first kappa shape index (κ1) is 18.0. The van der Waals surface area contributed by atoms with Crippen molar-refractivity contribution in [1.82, 2.24) is 0 Å². The number of benzene rings is 2. The number of anilines is 2. The van der Waals surface area contributed by atoms with Crippen LogP contribution >= 0.6 is 0 Å². The maximum absolute atomic E-state index is 12.6. The highest BCUT2D eigenvalue weighted by atomic mass is 16.5.